The number of nitrogens with zero attached hydrogens (tertiary/aromatic N) is 2. The van der Waals surface area contributed by atoms with E-state index >= 15 is 26.3 Å². The molecule has 0 amide bonds. The number of H-pyrrole nitrogens is 2. The Balaban J connectivity index is 1.60. The lowest BCUT2D eigenvalue weighted by Gasteiger charge is -2.06. The zero-order valence-corrected chi connectivity index (χ0v) is 27.9. The fourth-order valence-electron chi connectivity index (χ4n) is 7.05. The second kappa shape index (κ2) is 12.9. The summed E-state index contributed by atoms with van der Waals surface area (Å²) in [5.74, 6) is -8.35. The molecule has 8 bridgehead atoms. The van der Waals surface area contributed by atoms with Crippen molar-refractivity contribution in [2.45, 2.75) is 0 Å². The molecular formula is C44H24F6N4. The van der Waals surface area contributed by atoms with E-state index in [1.165, 1.54) is 24.3 Å². The third kappa shape index (κ3) is 5.17. The van der Waals surface area contributed by atoms with Gasteiger partial charge in [0.25, 0.3) is 0 Å². The van der Waals surface area contributed by atoms with E-state index in [-0.39, 0.29) is 55.8 Å². The van der Waals surface area contributed by atoms with Gasteiger partial charge in [-0.1, -0.05) is 121 Å². The predicted molar refractivity (Wildman–Crippen MR) is 201 cm³/mol. The maximum atomic E-state index is 16.5. The second-order valence-electron chi connectivity index (χ2n) is 12.6. The van der Waals surface area contributed by atoms with Gasteiger partial charge in [-0.3, -0.25) is 0 Å². The summed E-state index contributed by atoms with van der Waals surface area (Å²) in [6, 6.07) is 32.8. The third-order valence-electron chi connectivity index (χ3n) is 9.47. The highest BCUT2D eigenvalue weighted by molar-refractivity contribution is 6.03. The largest absolute Gasteiger partial charge is 0.349 e. The monoisotopic (exact) mass is 722 g/mol. The summed E-state index contributed by atoms with van der Waals surface area (Å²) in [6.45, 7) is 0. The number of halogens is 6. The summed E-state index contributed by atoms with van der Waals surface area (Å²) in [5, 5.41) is 0. The Hall–Kier alpha value is -6.94. The van der Waals surface area contributed by atoms with Crippen LogP contribution in [0.25, 0.3) is 90.4 Å². The molecule has 0 radical (unpaired) electrons. The third-order valence-corrected chi connectivity index (χ3v) is 9.47. The molecule has 5 heterocycles. The lowest BCUT2D eigenvalue weighted by atomic mass is 10.0. The van der Waals surface area contributed by atoms with Crippen LogP contribution in [0.4, 0.5) is 26.3 Å². The zero-order valence-electron chi connectivity index (χ0n) is 27.9. The zero-order chi connectivity index (χ0) is 37.1. The van der Waals surface area contributed by atoms with Gasteiger partial charge in [-0.2, -0.15) is 0 Å². The lowest BCUT2D eigenvalue weighted by molar-refractivity contribution is 0.529. The Bertz CT molecular complexity index is 2670. The first-order chi connectivity index (χ1) is 26.3. The summed E-state index contributed by atoms with van der Waals surface area (Å²) in [4.78, 5) is 14.9. The first-order valence-corrected chi connectivity index (χ1v) is 16.8. The Morgan fingerprint density at radius 2 is 0.611 bits per heavy atom. The minimum atomic E-state index is -1.50. The highest BCUT2D eigenvalue weighted by Gasteiger charge is 2.32. The summed E-state index contributed by atoms with van der Waals surface area (Å²) in [6.07, 6.45) is 3.13. The second-order valence-corrected chi connectivity index (χ2v) is 12.6. The molecule has 4 nitrogen and oxygen atoms in total. The summed E-state index contributed by atoms with van der Waals surface area (Å²) >= 11 is 0. The number of nitrogens with one attached hydrogen (secondary N) is 2. The molecule has 4 aromatic carbocycles. The molecule has 2 N–H and O–H groups in total. The van der Waals surface area contributed by atoms with E-state index in [0.29, 0.717) is 11.1 Å². The standard InChI is InChI=1S/C44H24F6N4/c45-33-35(47)41-31(25-17-9-3-10-18-25)43-37(49)38(50)44(54-43)32(26-19-11-4-12-20-26)42-36(48)34(46)40(53-42)30(24-15-7-2-8-16-24)28-22-21-27(51-28)29(39(33)52-41)23-13-5-1-6-14-23/h1-22,52-53H. The van der Waals surface area contributed by atoms with Gasteiger partial charge in [-0.15, -0.1) is 0 Å². The van der Waals surface area contributed by atoms with Gasteiger partial charge < -0.3 is 9.97 Å². The molecular weight excluding hydrogens is 698 g/mol. The Labute approximate surface area is 303 Å². The van der Waals surface area contributed by atoms with Crippen molar-refractivity contribution in [1.29, 1.82) is 0 Å². The van der Waals surface area contributed by atoms with Crippen LogP contribution in [0.15, 0.2) is 121 Å². The van der Waals surface area contributed by atoms with Crippen molar-refractivity contribution in [3.8, 4) is 44.5 Å². The van der Waals surface area contributed by atoms with E-state index < -0.39 is 57.3 Å². The molecule has 0 unspecified atom stereocenters. The van der Waals surface area contributed by atoms with Crippen molar-refractivity contribution >= 4 is 45.9 Å². The quantitative estimate of drug-likeness (QED) is 0.178. The van der Waals surface area contributed by atoms with Crippen LogP contribution in [-0.4, -0.2) is 19.9 Å². The molecule has 2 aliphatic heterocycles. The van der Waals surface area contributed by atoms with Crippen molar-refractivity contribution in [3.05, 3.63) is 167 Å². The number of rotatable bonds is 4. The lowest BCUT2D eigenvalue weighted by Crippen LogP contribution is -1.91. The summed E-state index contributed by atoms with van der Waals surface area (Å²) in [7, 11) is 0. The van der Waals surface area contributed by atoms with Crippen LogP contribution in [0.3, 0.4) is 0 Å². The molecule has 0 fully saturated rings. The molecule has 7 aromatic rings. The number of fused-ring (bicyclic) bond motifs is 8. The number of aromatic nitrogens is 4. The van der Waals surface area contributed by atoms with Crippen molar-refractivity contribution in [2.75, 3.05) is 0 Å². The fraction of sp³-hybridized carbons (Fsp3) is 0. The molecule has 0 spiro atoms. The van der Waals surface area contributed by atoms with Crippen molar-refractivity contribution in [1.82, 2.24) is 19.9 Å². The van der Waals surface area contributed by atoms with E-state index in [0.717, 1.165) is 0 Å². The molecule has 0 aliphatic carbocycles. The van der Waals surface area contributed by atoms with Gasteiger partial charge in [0, 0.05) is 22.3 Å². The fourth-order valence-corrected chi connectivity index (χ4v) is 7.05. The van der Waals surface area contributed by atoms with Crippen molar-refractivity contribution in [3.63, 3.8) is 0 Å². The van der Waals surface area contributed by atoms with E-state index in [9.17, 15) is 0 Å². The number of benzene rings is 4. The molecule has 0 saturated carbocycles. The van der Waals surface area contributed by atoms with E-state index in [2.05, 4.69) is 15.0 Å². The first kappa shape index (κ1) is 32.9. The SMILES string of the molecule is FC1=C(F)c2nc1c(-c1ccccc1)c1[nH]c(c(F)c1F)c(-c1ccccc1)c1nc(c(-c3ccccc3)c3[nH]c(c(F)c3F)c2-c2ccccc2)C=C1. The molecule has 10 heteroatoms. The van der Waals surface area contributed by atoms with Gasteiger partial charge in [0.1, 0.15) is 11.4 Å². The molecule has 2 aliphatic rings. The van der Waals surface area contributed by atoms with Crippen LogP contribution >= 0.6 is 0 Å². The van der Waals surface area contributed by atoms with Gasteiger partial charge in [-0.25, -0.2) is 36.3 Å². The van der Waals surface area contributed by atoms with Crippen molar-refractivity contribution in [2.24, 2.45) is 0 Å². The number of aromatic amines is 2. The van der Waals surface area contributed by atoms with Gasteiger partial charge in [0.2, 0.25) is 0 Å². The average molecular weight is 723 g/mol. The van der Waals surface area contributed by atoms with Crippen LogP contribution in [0.5, 0.6) is 0 Å². The maximum absolute atomic E-state index is 16.5. The Morgan fingerprint density at radius 1 is 0.333 bits per heavy atom. The molecule has 9 rings (SSSR count). The van der Waals surface area contributed by atoms with Crippen LogP contribution in [0, 0.1) is 23.3 Å². The smallest absolute Gasteiger partial charge is 0.187 e. The normalized spacial score (nSPS) is 12.5. The average Bonchev–Trinajstić information content (AvgIpc) is 3.95. The van der Waals surface area contributed by atoms with Gasteiger partial charge in [-0.05, 0) is 34.4 Å². The Morgan fingerprint density at radius 3 is 0.926 bits per heavy atom. The van der Waals surface area contributed by atoms with Crippen LogP contribution in [-0.2, 0) is 0 Å². The Kier molecular flexibility index (Phi) is 7.88. The summed E-state index contributed by atoms with van der Waals surface area (Å²) < 4.78 is 99.1. The highest BCUT2D eigenvalue weighted by Crippen LogP contribution is 2.45. The maximum Gasteiger partial charge on any atom is 0.187 e. The van der Waals surface area contributed by atoms with Gasteiger partial charge >= 0.3 is 0 Å². The minimum absolute atomic E-state index is 0.123. The van der Waals surface area contributed by atoms with Crippen LogP contribution in [0.1, 0.15) is 22.8 Å². The van der Waals surface area contributed by atoms with Gasteiger partial charge in [0.15, 0.2) is 34.9 Å². The molecule has 262 valence electrons. The number of hydrogen-bond acceptors (Lipinski definition) is 2. The van der Waals surface area contributed by atoms with Crippen LogP contribution in [0.2, 0.25) is 0 Å². The minimum Gasteiger partial charge on any atom is -0.349 e. The topological polar surface area (TPSA) is 57.4 Å². The highest BCUT2D eigenvalue weighted by atomic mass is 19.2. The van der Waals surface area contributed by atoms with E-state index in [4.69, 9.17) is 4.98 Å². The van der Waals surface area contributed by atoms with E-state index in [1.807, 2.05) is 0 Å². The molecule has 0 saturated heterocycles. The molecule has 0 atom stereocenters. The van der Waals surface area contributed by atoms with Crippen LogP contribution < -0.4 is 0 Å². The molecule has 54 heavy (non-hydrogen) atoms. The molecule has 3 aromatic heterocycles. The van der Waals surface area contributed by atoms with Gasteiger partial charge in [0.05, 0.1) is 33.5 Å². The van der Waals surface area contributed by atoms with E-state index in [1.54, 1.807) is 109 Å². The van der Waals surface area contributed by atoms with Crippen molar-refractivity contribution < 1.29 is 26.3 Å². The first-order valence-electron chi connectivity index (χ1n) is 16.8. The predicted octanol–water partition coefficient (Wildman–Crippen LogP) is 12.5. The number of hydrogen-bond donors (Lipinski definition) is 2. The summed E-state index contributed by atoms with van der Waals surface area (Å²) in [5.41, 5.74) is -1.86.